The van der Waals surface area contributed by atoms with E-state index in [0.29, 0.717) is 11.4 Å². The highest BCUT2D eigenvalue weighted by Gasteiger charge is 2.12. The van der Waals surface area contributed by atoms with Gasteiger partial charge in [0.15, 0.2) is 0 Å². The first-order valence-corrected chi connectivity index (χ1v) is 13.3. The van der Waals surface area contributed by atoms with Crippen molar-refractivity contribution in [3.8, 4) is 0 Å². The van der Waals surface area contributed by atoms with Crippen molar-refractivity contribution in [2.45, 2.75) is 71.0 Å². The van der Waals surface area contributed by atoms with E-state index in [1.54, 1.807) is 11.3 Å². The highest BCUT2D eigenvalue weighted by atomic mass is 35.5. The number of nitrogens with one attached hydrogen (secondary N) is 1. The normalized spacial score (nSPS) is 11.6. The van der Waals surface area contributed by atoms with E-state index in [1.165, 1.54) is 37.0 Å². The van der Waals surface area contributed by atoms with Crippen molar-refractivity contribution < 1.29 is 4.79 Å². The molecule has 1 aromatic carbocycles. The standard InChI is InChI=1S/C24H33ClN2OS2/c1-3-5-6-7-8-9-10-11-23(28)26-27-24(19-12-14-20(25)15-13-19)22-17-16-21(30-22)18-29-4-2/h12-17H,3-11,18H2,1-2H3,(H,26,28). The molecule has 2 rings (SSSR count). The lowest BCUT2D eigenvalue weighted by atomic mass is 10.1. The van der Waals surface area contributed by atoms with Crippen LogP contribution in [0.5, 0.6) is 0 Å². The fraction of sp³-hybridized carbons (Fsp3) is 0.500. The van der Waals surface area contributed by atoms with Gasteiger partial charge in [0.05, 0.1) is 4.88 Å². The molecular weight excluding hydrogens is 432 g/mol. The van der Waals surface area contributed by atoms with Gasteiger partial charge in [-0.3, -0.25) is 4.79 Å². The number of halogens is 1. The van der Waals surface area contributed by atoms with Crippen LogP contribution in [0.25, 0.3) is 0 Å². The molecule has 0 aliphatic rings. The second-order valence-corrected chi connectivity index (χ2v) is 10.2. The van der Waals surface area contributed by atoms with Crippen LogP contribution in [-0.4, -0.2) is 17.4 Å². The molecule has 0 spiro atoms. The number of hydrogen-bond donors (Lipinski definition) is 1. The number of nitrogens with zero attached hydrogens (tertiary/aromatic N) is 1. The number of amides is 1. The highest BCUT2D eigenvalue weighted by molar-refractivity contribution is 7.98. The Labute approximate surface area is 194 Å². The molecule has 0 unspecified atom stereocenters. The molecule has 2 aromatic rings. The Morgan fingerprint density at radius 1 is 1.00 bits per heavy atom. The lowest BCUT2D eigenvalue weighted by molar-refractivity contribution is -0.121. The summed E-state index contributed by atoms with van der Waals surface area (Å²) in [6.45, 7) is 4.39. The van der Waals surface area contributed by atoms with Crippen LogP contribution in [0.3, 0.4) is 0 Å². The fourth-order valence-electron chi connectivity index (χ4n) is 3.07. The molecule has 1 heterocycles. The number of benzene rings is 1. The van der Waals surface area contributed by atoms with Crippen molar-refractivity contribution in [2.24, 2.45) is 5.10 Å². The number of hydrazone groups is 1. The summed E-state index contributed by atoms with van der Waals surface area (Å²) in [5.74, 6) is 2.08. The predicted molar refractivity (Wildman–Crippen MR) is 134 cm³/mol. The summed E-state index contributed by atoms with van der Waals surface area (Å²) in [6.07, 6.45) is 8.90. The largest absolute Gasteiger partial charge is 0.273 e. The Balaban J connectivity index is 1.97. The number of rotatable bonds is 14. The van der Waals surface area contributed by atoms with E-state index in [0.717, 1.165) is 40.5 Å². The zero-order valence-electron chi connectivity index (χ0n) is 18.1. The van der Waals surface area contributed by atoms with Crippen LogP contribution >= 0.6 is 34.7 Å². The van der Waals surface area contributed by atoms with Crippen LogP contribution in [0.15, 0.2) is 41.5 Å². The van der Waals surface area contributed by atoms with Gasteiger partial charge in [0.25, 0.3) is 0 Å². The molecule has 30 heavy (non-hydrogen) atoms. The Hall–Kier alpha value is -1.30. The minimum absolute atomic E-state index is 0.0201. The van der Waals surface area contributed by atoms with Crippen LogP contribution in [-0.2, 0) is 10.5 Å². The maximum Gasteiger partial charge on any atom is 0.240 e. The van der Waals surface area contributed by atoms with Gasteiger partial charge in [0.1, 0.15) is 5.71 Å². The van der Waals surface area contributed by atoms with Crippen LogP contribution in [0, 0.1) is 0 Å². The Morgan fingerprint density at radius 3 is 2.40 bits per heavy atom. The second kappa shape index (κ2) is 14.7. The van der Waals surface area contributed by atoms with Crippen LogP contribution < -0.4 is 5.43 Å². The van der Waals surface area contributed by atoms with E-state index in [-0.39, 0.29) is 5.91 Å². The highest BCUT2D eigenvalue weighted by Crippen LogP contribution is 2.25. The summed E-state index contributed by atoms with van der Waals surface area (Å²) in [5, 5.41) is 5.19. The number of thioether (sulfide) groups is 1. The summed E-state index contributed by atoms with van der Waals surface area (Å²) in [6, 6.07) is 11.8. The summed E-state index contributed by atoms with van der Waals surface area (Å²) >= 11 is 9.68. The monoisotopic (exact) mass is 464 g/mol. The number of carbonyl (C=O) groups is 1. The Kier molecular flexibility index (Phi) is 12.2. The topological polar surface area (TPSA) is 41.5 Å². The number of thiophene rings is 1. The van der Waals surface area contributed by atoms with Crippen molar-refractivity contribution >= 4 is 46.3 Å². The van der Waals surface area contributed by atoms with Gasteiger partial charge in [-0.05, 0) is 36.4 Å². The van der Waals surface area contributed by atoms with E-state index < -0.39 is 0 Å². The Bertz CT molecular complexity index is 787. The number of unbranched alkanes of at least 4 members (excludes halogenated alkanes) is 6. The maximum absolute atomic E-state index is 12.3. The van der Waals surface area contributed by atoms with Crippen molar-refractivity contribution in [1.29, 1.82) is 0 Å². The second-order valence-electron chi connectivity index (χ2n) is 7.28. The molecular formula is C24H33ClN2OS2. The average molecular weight is 465 g/mol. The minimum atomic E-state index is -0.0201. The van der Waals surface area contributed by atoms with Gasteiger partial charge in [0, 0.05) is 27.6 Å². The first kappa shape index (κ1) is 25.0. The molecule has 164 valence electrons. The van der Waals surface area contributed by atoms with Crippen LogP contribution in [0.4, 0.5) is 0 Å². The molecule has 0 saturated carbocycles. The zero-order valence-corrected chi connectivity index (χ0v) is 20.5. The molecule has 0 aliphatic heterocycles. The minimum Gasteiger partial charge on any atom is -0.273 e. The molecule has 0 fully saturated rings. The third-order valence-electron chi connectivity index (χ3n) is 4.76. The van der Waals surface area contributed by atoms with E-state index in [4.69, 9.17) is 11.6 Å². The molecule has 0 radical (unpaired) electrons. The third kappa shape index (κ3) is 9.23. The first-order valence-electron chi connectivity index (χ1n) is 10.9. The summed E-state index contributed by atoms with van der Waals surface area (Å²) in [4.78, 5) is 14.7. The summed E-state index contributed by atoms with van der Waals surface area (Å²) in [5.41, 5.74) is 4.52. The quantitative estimate of drug-likeness (QED) is 0.177. The van der Waals surface area contributed by atoms with Gasteiger partial charge in [0.2, 0.25) is 5.91 Å². The van der Waals surface area contributed by atoms with E-state index in [2.05, 4.69) is 36.5 Å². The predicted octanol–water partition coefficient (Wildman–Crippen LogP) is 7.66. The molecule has 1 N–H and O–H groups in total. The average Bonchev–Trinajstić information content (AvgIpc) is 3.21. The summed E-state index contributed by atoms with van der Waals surface area (Å²) < 4.78 is 0. The zero-order chi connectivity index (χ0) is 21.6. The van der Waals surface area contributed by atoms with Crippen LogP contribution in [0.1, 0.15) is 80.5 Å². The molecule has 1 amide bonds. The molecule has 0 saturated heterocycles. The van der Waals surface area contributed by atoms with Gasteiger partial charge < -0.3 is 0 Å². The van der Waals surface area contributed by atoms with Gasteiger partial charge in [-0.25, -0.2) is 5.43 Å². The van der Waals surface area contributed by atoms with Crippen molar-refractivity contribution in [2.75, 3.05) is 5.75 Å². The third-order valence-corrected chi connectivity index (χ3v) is 7.21. The smallest absolute Gasteiger partial charge is 0.240 e. The lowest BCUT2D eigenvalue weighted by Gasteiger charge is -2.07. The van der Waals surface area contributed by atoms with Crippen molar-refractivity contribution in [3.05, 3.63) is 56.7 Å². The summed E-state index contributed by atoms with van der Waals surface area (Å²) in [7, 11) is 0. The van der Waals surface area contributed by atoms with E-state index in [1.807, 2.05) is 36.0 Å². The van der Waals surface area contributed by atoms with E-state index >= 15 is 0 Å². The van der Waals surface area contributed by atoms with E-state index in [9.17, 15) is 4.79 Å². The lowest BCUT2D eigenvalue weighted by Crippen LogP contribution is -2.19. The molecule has 6 heteroatoms. The van der Waals surface area contributed by atoms with Crippen LogP contribution in [0.2, 0.25) is 5.02 Å². The van der Waals surface area contributed by atoms with Gasteiger partial charge in [-0.15, -0.1) is 11.3 Å². The van der Waals surface area contributed by atoms with Crippen molar-refractivity contribution in [3.63, 3.8) is 0 Å². The molecule has 0 atom stereocenters. The van der Waals surface area contributed by atoms with Gasteiger partial charge in [-0.1, -0.05) is 76.1 Å². The molecule has 3 nitrogen and oxygen atoms in total. The molecule has 1 aromatic heterocycles. The number of carbonyl (C=O) groups excluding carboxylic acids is 1. The first-order chi connectivity index (χ1) is 14.6. The van der Waals surface area contributed by atoms with Gasteiger partial charge in [-0.2, -0.15) is 16.9 Å². The SMILES string of the molecule is CCCCCCCCCC(=O)NN=C(c1ccc(Cl)cc1)c1ccc(CSCC)s1. The van der Waals surface area contributed by atoms with Crippen molar-refractivity contribution in [1.82, 2.24) is 5.43 Å². The molecule has 0 bridgehead atoms. The number of hydrogen-bond acceptors (Lipinski definition) is 4. The molecule has 0 aliphatic carbocycles. The van der Waals surface area contributed by atoms with Gasteiger partial charge >= 0.3 is 0 Å². The Morgan fingerprint density at radius 2 is 1.70 bits per heavy atom. The fourth-order valence-corrected chi connectivity index (χ4v) is 5.00. The maximum atomic E-state index is 12.3.